The normalized spacial score (nSPS) is 17.4. The topological polar surface area (TPSA) is 54.9 Å². The zero-order valence-corrected chi connectivity index (χ0v) is 15.1. The molecule has 0 aromatic heterocycles. The fourth-order valence-corrected chi connectivity index (χ4v) is 3.49. The monoisotopic (exact) mass is 351 g/mol. The summed E-state index contributed by atoms with van der Waals surface area (Å²) in [4.78, 5) is 4.77. The van der Waals surface area contributed by atoms with Gasteiger partial charge in [0.1, 0.15) is 0 Å². The predicted octanol–water partition coefficient (Wildman–Crippen LogP) is 2.85. The molecule has 136 valence electrons. The molecule has 1 atom stereocenters. The molecule has 0 spiro atoms. The minimum absolute atomic E-state index is 0.318. The number of hydrogen-bond donors (Lipinski definition) is 2. The lowest BCUT2D eigenvalue weighted by Gasteiger charge is -2.28. The van der Waals surface area contributed by atoms with E-state index in [9.17, 15) is 0 Å². The molecule has 5 nitrogen and oxygen atoms in total. The molecule has 1 unspecified atom stereocenters. The van der Waals surface area contributed by atoms with Crippen molar-refractivity contribution in [1.82, 2.24) is 10.6 Å². The van der Waals surface area contributed by atoms with Crippen molar-refractivity contribution in [2.75, 3.05) is 26.4 Å². The summed E-state index contributed by atoms with van der Waals surface area (Å²) < 4.78 is 10.8. The summed E-state index contributed by atoms with van der Waals surface area (Å²) in [5, 5.41) is 6.76. The van der Waals surface area contributed by atoms with E-state index in [0.717, 1.165) is 49.9 Å². The van der Waals surface area contributed by atoms with Gasteiger partial charge in [0.2, 0.25) is 6.79 Å². The van der Waals surface area contributed by atoms with E-state index in [-0.39, 0.29) is 0 Å². The highest BCUT2D eigenvalue weighted by molar-refractivity contribution is 5.79. The van der Waals surface area contributed by atoms with Crippen LogP contribution in [-0.4, -0.2) is 32.4 Å². The molecule has 1 aliphatic heterocycles. The molecule has 2 aromatic rings. The van der Waals surface area contributed by atoms with Crippen molar-refractivity contribution in [2.45, 2.75) is 25.7 Å². The van der Waals surface area contributed by atoms with E-state index in [1.807, 2.05) is 6.07 Å². The second kappa shape index (κ2) is 7.68. The van der Waals surface area contributed by atoms with Gasteiger partial charge in [0.25, 0.3) is 0 Å². The molecule has 0 saturated heterocycles. The van der Waals surface area contributed by atoms with Crippen LogP contribution in [0.15, 0.2) is 47.5 Å². The number of ether oxygens (including phenoxy) is 2. The van der Waals surface area contributed by atoms with Crippen molar-refractivity contribution in [1.29, 1.82) is 0 Å². The van der Waals surface area contributed by atoms with E-state index >= 15 is 0 Å². The largest absolute Gasteiger partial charge is 0.454 e. The van der Waals surface area contributed by atoms with Crippen LogP contribution in [0.1, 0.15) is 29.5 Å². The summed E-state index contributed by atoms with van der Waals surface area (Å²) in [6, 6.07) is 14.8. The molecule has 0 fully saturated rings. The van der Waals surface area contributed by atoms with Crippen LogP contribution in [0.5, 0.6) is 11.5 Å². The maximum atomic E-state index is 5.44. The highest BCUT2D eigenvalue weighted by Crippen LogP contribution is 2.35. The van der Waals surface area contributed by atoms with Gasteiger partial charge in [-0.25, -0.2) is 0 Å². The van der Waals surface area contributed by atoms with E-state index < -0.39 is 0 Å². The van der Waals surface area contributed by atoms with Gasteiger partial charge in [0.05, 0.1) is 0 Å². The molecule has 26 heavy (non-hydrogen) atoms. The zero-order chi connectivity index (χ0) is 17.8. The van der Waals surface area contributed by atoms with Crippen molar-refractivity contribution in [3.05, 3.63) is 59.2 Å². The summed E-state index contributed by atoms with van der Waals surface area (Å²) in [5.74, 6) is 3.11. The van der Waals surface area contributed by atoms with E-state index in [0.29, 0.717) is 12.7 Å². The van der Waals surface area contributed by atoms with Gasteiger partial charge in [0.15, 0.2) is 17.5 Å². The fourth-order valence-electron chi connectivity index (χ4n) is 3.49. The number of nitrogens with zero attached hydrogens (tertiary/aromatic N) is 1. The van der Waals surface area contributed by atoms with Gasteiger partial charge in [-0.1, -0.05) is 30.3 Å². The molecule has 1 heterocycles. The van der Waals surface area contributed by atoms with Gasteiger partial charge in [-0.3, -0.25) is 4.99 Å². The molecule has 1 aliphatic carbocycles. The summed E-state index contributed by atoms with van der Waals surface area (Å²) in [6.45, 7) is 4.92. The van der Waals surface area contributed by atoms with E-state index in [4.69, 9.17) is 14.5 Å². The summed E-state index contributed by atoms with van der Waals surface area (Å²) in [5.41, 5.74) is 4.14. The first-order valence-corrected chi connectivity index (χ1v) is 9.32. The summed E-state index contributed by atoms with van der Waals surface area (Å²) in [7, 11) is 0. The third-order valence-electron chi connectivity index (χ3n) is 4.92. The van der Waals surface area contributed by atoms with E-state index in [1.165, 1.54) is 16.7 Å². The lowest BCUT2D eigenvalue weighted by molar-refractivity contribution is 0.174. The third kappa shape index (κ3) is 3.62. The second-order valence-corrected chi connectivity index (χ2v) is 6.68. The van der Waals surface area contributed by atoms with E-state index in [1.54, 1.807) is 0 Å². The minimum Gasteiger partial charge on any atom is -0.454 e. The highest BCUT2D eigenvalue weighted by atomic mass is 16.7. The lowest BCUT2D eigenvalue weighted by atomic mass is 9.78. The SMILES string of the molecule is CCNC(=NCC1Cc2ccccc21)NCCc1ccc2c(c1)OCO2. The number of nitrogens with one attached hydrogen (secondary N) is 2. The van der Waals surface area contributed by atoms with Gasteiger partial charge in [-0.15, -0.1) is 0 Å². The number of benzene rings is 2. The maximum absolute atomic E-state index is 5.44. The van der Waals surface area contributed by atoms with Crippen molar-refractivity contribution < 1.29 is 9.47 Å². The predicted molar refractivity (Wildman–Crippen MR) is 103 cm³/mol. The minimum atomic E-state index is 0.318. The van der Waals surface area contributed by atoms with E-state index in [2.05, 4.69) is 54.0 Å². The molecule has 4 rings (SSSR count). The fraction of sp³-hybridized carbons (Fsp3) is 0.381. The molecule has 5 heteroatoms. The van der Waals surface area contributed by atoms with Crippen molar-refractivity contribution in [3.63, 3.8) is 0 Å². The molecule has 0 saturated carbocycles. The first-order chi connectivity index (χ1) is 12.8. The number of hydrogen-bond acceptors (Lipinski definition) is 3. The smallest absolute Gasteiger partial charge is 0.231 e. The molecule has 0 radical (unpaired) electrons. The Hall–Kier alpha value is -2.69. The van der Waals surface area contributed by atoms with Crippen molar-refractivity contribution >= 4 is 5.96 Å². The Balaban J connectivity index is 1.30. The van der Waals surface area contributed by atoms with Crippen LogP contribution in [0, 0.1) is 0 Å². The molecule has 2 aliphatic rings. The average Bonchev–Trinajstić information content (AvgIpc) is 3.10. The Kier molecular flexibility index (Phi) is 4.95. The third-order valence-corrected chi connectivity index (χ3v) is 4.92. The maximum Gasteiger partial charge on any atom is 0.231 e. The summed E-state index contributed by atoms with van der Waals surface area (Å²) in [6.07, 6.45) is 2.05. The van der Waals surface area contributed by atoms with Gasteiger partial charge < -0.3 is 20.1 Å². The van der Waals surface area contributed by atoms with Gasteiger partial charge >= 0.3 is 0 Å². The van der Waals surface area contributed by atoms with Crippen LogP contribution >= 0.6 is 0 Å². The molecule has 0 bridgehead atoms. The Bertz CT molecular complexity index is 804. The molecule has 2 aromatic carbocycles. The van der Waals surface area contributed by atoms with Crippen molar-refractivity contribution in [3.8, 4) is 11.5 Å². The second-order valence-electron chi connectivity index (χ2n) is 6.68. The van der Waals surface area contributed by atoms with Gasteiger partial charge in [0, 0.05) is 25.6 Å². The van der Waals surface area contributed by atoms with Crippen LogP contribution in [-0.2, 0) is 12.8 Å². The molecular formula is C21H25N3O2. The molecule has 0 amide bonds. The first kappa shape index (κ1) is 16.8. The van der Waals surface area contributed by atoms with Crippen molar-refractivity contribution in [2.24, 2.45) is 4.99 Å². The molecule has 2 N–H and O–H groups in total. The highest BCUT2D eigenvalue weighted by Gasteiger charge is 2.24. The van der Waals surface area contributed by atoms with Crippen LogP contribution < -0.4 is 20.1 Å². The standard InChI is InChI=1S/C21H25N3O2/c1-2-22-21(24-13-17-12-16-5-3-4-6-18(16)17)23-10-9-15-7-8-19-20(11-15)26-14-25-19/h3-8,11,17H,2,9-10,12-14H2,1H3,(H2,22,23,24). The Morgan fingerprint density at radius 2 is 2.00 bits per heavy atom. The van der Waals surface area contributed by atoms with Crippen LogP contribution in [0.3, 0.4) is 0 Å². The zero-order valence-electron chi connectivity index (χ0n) is 15.1. The van der Waals surface area contributed by atoms with Gasteiger partial charge in [-0.05, 0) is 48.6 Å². The van der Waals surface area contributed by atoms with Crippen LogP contribution in [0.4, 0.5) is 0 Å². The first-order valence-electron chi connectivity index (χ1n) is 9.32. The van der Waals surface area contributed by atoms with Crippen LogP contribution in [0.25, 0.3) is 0 Å². The van der Waals surface area contributed by atoms with Gasteiger partial charge in [-0.2, -0.15) is 0 Å². The number of rotatable bonds is 6. The molecular weight excluding hydrogens is 326 g/mol. The Morgan fingerprint density at radius 3 is 2.88 bits per heavy atom. The van der Waals surface area contributed by atoms with Crippen LogP contribution in [0.2, 0.25) is 0 Å². The quantitative estimate of drug-likeness (QED) is 0.621. The Morgan fingerprint density at radius 1 is 1.12 bits per heavy atom. The number of guanidine groups is 1. The number of fused-ring (bicyclic) bond motifs is 2. The average molecular weight is 351 g/mol. The Labute approximate surface area is 154 Å². The summed E-state index contributed by atoms with van der Waals surface area (Å²) >= 11 is 0. The lowest BCUT2D eigenvalue weighted by Crippen LogP contribution is -2.39. The number of aliphatic imine (C=N–C) groups is 1.